The van der Waals surface area contributed by atoms with Gasteiger partial charge >= 0.3 is 0 Å². The SMILES string of the molecule is CC(C(=O)N(C)c1cc(C(C)(C)C)nn1-c1cccc(Cl)c1)c1ccc(C(=O)Nc2ccc(F)cc2)cc1. The van der Waals surface area contributed by atoms with Gasteiger partial charge in [-0.2, -0.15) is 5.10 Å². The molecule has 1 atom stereocenters. The number of halogens is 2. The molecule has 1 unspecified atom stereocenters. The third-order valence-corrected chi connectivity index (χ3v) is 6.57. The maximum atomic E-state index is 13.6. The summed E-state index contributed by atoms with van der Waals surface area (Å²) in [7, 11) is 1.73. The highest BCUT2D eigenvalue weighted by molar-refractivity contribution is 6.30. The maximum Gasteiger partial charge on any atom is 0.255 e. The van der Waals surface area contributed by atoms with Gasteiger partial charge in [0.1, 0.15) is 11.6 Å². The molecule has 3 aromatic carbocycles. The molecule has 1 N–H and O–H groups in total. The number of hydrogen-bond acceptors (Lipinski definition) is 3. The van der Waals surface area contributed by atoms with Gasteiger partial charge in [-0.25, -0.2) is 9.07 Å². The van der Waals surface area contributed by atoms with Gasteiger partial charge in [-0.15, -0.1) is 0 Å². The van der Waals surface area contributed by atoms with Crippen molar-refractivity contribution in [1.29, 1.82) is 0 Å². The van der Waals surface area contributed by atoms with Crippen molar-refractivity contribution < 1.29 is 14.0 Å². The second-order valence-corrected chi connectivity index (χ2v) is 10.7. The Balaban J connectivity index is 1.56. The number of benzene rings is 3. The van der Waals surface area contributed by atoms with E-state index in [1.807, 2.05) is 31.2 Å². The number of hydrogen-bond donors (Lipinski definition) is 1. The van der Waals surface area contributed by atoms with Crippen molar-refractivity contribution in [2.75, 3.05) is 17.3 Å². The van der Waals surface area contributed by atoms with Crippen LogP contribution in [0.5, 0.6) is 0 Å². The van der Waals surface area contributed by atoms with Gasteiger partial charge in [0.15, 0.2) is 0 Å². The Hall–Kier alpha value is -3.97. The first kappa shape index (κ1) is 27.1. The number of nitrogens with zero attached hydrogens (tertiary/aromatic N) is 3. The number of amides is 2. The first-order valence-electron chi connectivity index (χ1n) is 12.2. The Kier molecular flexibility index (Phi) is 7.69. The van der Waals surface area contributed by atoms with Gasteiger partial charge in [0.25, 0.3) is 5.91 Å². The Bertz CT molecular complexity index is 1460. The van der Waals surface area contributed by atoms with Crippen LogP contribution in [-0.2, 0) is 10.2 Å². The fourth-order valence-electron chi connectivity index (χ4n) is 3.98. The molecule has 0 fully saturated rings. The molecule has 4 aromatic rings. The molecule has 1 heterocycles. The van der Waals surface area contributed by atoms with Gasteiger partial charge in [-0.05, 0) is 67.1 Å². The second-order valence-electron chi connectivity index (χ2n) is 10.2. The Morgan fingerprint density at radius 2 is 1.66 bits per heavy atom. The lowest BCUT2D eigenvalue weighted by molar-refractivity contribution is -0.119. The van der Waals surface area contributed by atoms with Crippen LogP contribution in [-0.4, -0.2) is 28.6 Å². The van der Waals surface area contributed by atoms with Crippen LogP contribution >= 0.6 is 11.6 Å². The minimum Gasteiger partial charge on any atom is -0.322 e. The number of carbonyl (C=O) groups excluding carboxylic acids is 2. The highest BCUT2D eigenvalue weighted by Crippen LogP contribution is 2.30. The van der Waals surface area contributed by atoms with E-state index in [2.05, 4.69) is 26.1 Å². The van der Waals surface area contributed by atoms with E-state index < -0.39 is 5.92 Å². The molecule has 38 heavy (non-hydrogen) atoms. The monoisotopic (exact) mass is 532 g/mol. The fourth-order valence-corrected chi connectivity index (χ4v) is 4.16. The highest BCUT2D eigenvalue weighted by atomic mass is 35.5. The van der Waals surface area contributed by atoms with E-state index in [1.165, 1.54) is 24.3 Å². The number of rotatable bonds is 6. The Morgan fingerprint density at radius 1 is 1.00 bits per heavy atom. The molecular formula is C30H30ClFN4O2. The zero-order valence-corrected chi connectivity index (χ0v) is 22.8. The van der Waals surface area contributed by atoms with E-state index in [0.29, 0.717) is 22.1 Å². The van der Waals surface area contributed by atoms with Gasteiger partial charge in [0, 0.05) is 34.8 Å². The van der Waals surface area contributed by atoms with Crippen LogP contribution < -0.4 is 10.2 Å². The summed E-state index contributed by atoms with van der Waals surface area (Å²) < 4.78 is 14.9. The summed E-state index contributed by atoms with van der Waals surface area (Å²) in [5.74, 6) is -0.669. The number of likely N-dealkylation sites (N-methyl/N-ethyl adjacent to an activating group) is 1. The van der Waals surface area contributed by atoms with Crippen LogP contribution in [0, 0.1) is 5.82 Å². The van der Waals surface area contributed by atoms with Crippen LogP contribution in [0.2, 0.25) is 5.02 Å². The van der Waals surface area contributed by atoms with Crippen LogP contribution in [0.4, 0.5) is 15.9 Å². The predicted molar refractivity (Wildman–Crippen MR) is 150 cm³/mol. The molecule has 0 saturated heterocycles. The van der Waals surface area contributed by atoms with Crippen molar-refractivity contribution in [2.24, 2.45) is 0 Å². The maximum absolute atomic E-state index is 13.6. The van der Waals surface area contributed by atoms with Crippen molar-refractivity contribution in [2.45, 2.75) is 39.0 Å². The fraction of sp³-hybridized carbons (Fsp3) is 0.233. The van der Waals surface area contributed by atoms with E-state index >= 15 is 0 Å². The first-order chi connectivity index (χ1) is 17.9. The van der Waals surface area contributed by atoms with E-state index in [0.717, 1.165) is 16.9 Å². The van der Waals surface area contributed by atoms with Gasteiger partial charge in [0.2, 0.25) is 5.91 Å². The average molecular weight is 533 g/mol. The molecule has 196 valence electrons. The molecule has 4 rings (SSSR count). The van der Waals surface area contributed by atoms with Crippen LogP contribution in [0.1, 0.15) is 55.2 Å². The molecule has 8 heteroatoms. The summed E-state index contributed by atoms with van der Waals surface area (Å²) in [5.41, 5.74) is 3.07. The molecule has 1 aromatic heterocycles. The smallest absolute Gasteiger partial charge is 0.255 e. The van der Waals surface area contributed by atoms with E-state index in [-0.39, 0.29) is 23.0 Å². The van der Waals surface area contributed by atoms with Crippen molar-refractivity contribution >= 4 is 34.9 Å². The van der Waals surface area contributed by atoms with Gasteiger partial charge < -0.3 is 5.32 Å². The quantitative estimate of drug-likeness (QED) is 0.291. The zero-order valence-electron chi connectivity index (χ0n) is 22.0. The lowest BCUT2D eigenvalue weighted by Gasteiger charge is -2.22. The van der Waals surface area contributed by atoms with Crippen LogP contribution in [0.3, 0.4) is 0 Å². The minimum atomic E-state index is -0.477. The van der Waals surface area contributed by atoms with E-state index in [9.17, 15) is 14.0 Å². The highest BCUT2D eigenvalue weighted by Gasteiger charge is 2.27. The van der Waals surface area contributed by atoms with Crippen LogP contribution in [0.15, 0.2) is 78.9 Å². The first-order valence-corrected chi connectivity index (χ1v) is 12.6. The molecule has 0 saturated carbocycles. The Labute approximate surface area is 227 Å². The lowest BCUT2D eigenvalue weighted by Crippen LogP contribution is -2.32. The number of nitrogens with one attached hydrogen (secondary N) is 1. The predicted octanol–water partition coefficient (Wildman–Crippen LogP) is 6.98. The number of aromatic nitrogens is 2. The Morgan fingerprint density at radius 3 is 2.26 bits per heavy atom. The van der Waals surface area contributed by atoms with Crippen molar-refractivity contribution in [1.82, 2.24) is 9.78 Å². The minimum absolute atomic E-state index is 0.128. The number of anilines is 2. The summed E-state index contributed by atoms with van der Waals surface area (Å²) in [6, 6.07) is 21.7. The largest absolute Gasteiger partial charge is 0.322 e. The van der Waals surface area contributed by atoms with Crippen LogP contribution in [0.25, 0.3) is 5.69 Å². The van der Waals surface area contributed by atoms with Crippen molar-refractivity contribution in [3.8, 4) is 5.69 Å². The molecule has 0 aliphatic rings. The van der Waals surface area contributed by atoms with Gasteiger partial charge in [-0.3, -0.25) is 14.5 Å². The molecule has 0 radical (unpaired) electrons. The summed E-state index contributed by atoms with van der Waals surface area (Å²) in [6.07, 6.45) is 0. The van der Waals surface area contributed by atoms with Crippen molar-refractivity contribution in [3.05, 3.63) is 107 Å². The average Bonchev–Trinajstić information content (AvgIpc) is 3.35. The lowest BCUT2D eigenvalue weighted by atomic mass is 9.92. The third kappa shape index (κ3) is 5.94. The summed E-state index contributed by atoms with van der Waals surface area (Å²) in [5, 5.41) is 8.11. The molecular weight excluding hydrogens is 503 g/mol. The summed E-state index contributed by atoms with van der Waals surface area (Å²) in [4.78, 5) is 27.8. The normalized spacial score (nSPS) is 12.2. The summed E-state index contributed by atoms with van der Waals surface area (Å²) in [6.45, 7) is 8.04. The third-order valence-electron chi connectivity index (χ3n) is 6.33. The molecule has 0 spiro atoms. The van der Waals surface area contributed by atoms with Crippen molar-refractivity contribution in [3.63, 3.8) is 0 Å². The van der Waals surface area contributed by atoms with E-state index in [4.69, 9.17) is 16.7 Å². The molecule has 0 aliphatic heterocycles. The molecule has 0 bridgehead atoms. The molecule has 2 amide bonds. The second kappa shape index (κ2) is 10.8. The van der Waals surface area contributed by atoms with Gasteiger partial charge in [0.05, 0.1) is 17.3 Å². The summed E-state index contributed by atoms with van der Waals surface area (Å²) >= 11 is 6.24. The molecule has 0 aliphatic carbocycles. The molecule has 6 nitrogen and oxygen atoms in total. The zero-order chi connectivity index (χ0) is 27.6. The topological polar surface area (TPSA) is 67.2 Å². The van der Waals surface area contributed by atoms with E-state index in [1.54, 1.807) is 47.0 Å². The van der Waals surface area contributed by atoms with Gasteiger partial charge in [-0.1, -0.05) is 50.6 Å². The standard InChI is InChI=1S/C30H30ClFN4O2/c1-19(20-9-11-21(12-10-20)28(37)33-24-15-13-23(32)14-16-24)29(38)35(5)27-18-26(30(2,3)4)34-36(27)25-8-6-7-22(31)17-25/h6-19H,1-5H3,(H,33,37). The number of carbonyl (C=O) groups is 2.